The maximum absolute atomic E-state index is 13.9. The van der Waals surface area contributed by atoms with Gasteiger partial charge in [-0.15, -0.1) is 0 Å². The van der Waals surface area contributed by atoms with Crippen LogP contribution in [0, 0.1) is 5.82 Å². The minimum atomic E-state index is -0.318. The van der Waals surface area contributed by atoms with Crippen LogP contribution < -0.4 is 5.32 Å². The summed E-state index contributed by atoms with van der Waals surface area (Å²) >= 11 is 5.86. The Labute approximate surface area is 129 Å². The van der Waals surface area contributed by atoms with E-state index in [2.05, 4.69) is 5.32 Å². The predicted octanol–water partition coefficient (Wildman–Crippen LogP) is 4.35. The van der Waals surface area contributed by atoms with Gasteiger partial charge < -0.3 is 10.1 Å². The van der Waals surface area contributed by atoms with Gasteiger partial charge in [-0.05, 0) is 30.3 Å². The summed E-state index contributed by atoms with van der Waals surface area (Å²) in [6, 6.07) is 14.2. The van der Waals surface area contributed by atoms with Crippen LogP contribution in [-0.4, -0.2) is 13.1 Å². The number of hydrogen-bond donors (Lipinski definition) is 1. The molecule has 21 heavy (non-hydrogen) atoms. The van der Waals surface area contributed by atoms with E-state index in [1.54, 1.807) is 12.1 Å². The zero-order chi connectivity index (χ0) is 15.1. The molecule has 0 radical (unpaired) electrons. The first-order chi connectivity index (χ1) is 10.2. The van der Waals surface area contributed by atoms with Crippen molar-refractivity contribution < 1.29 is 9.13 Å². The Kier molecular flexibility index (Phi) is 6.18. The quantitative estimate of drug-likeness (QED) is 0.821. The summed E-state index contributed by atoms with van der Waals surface area (Å²) < 4.78 is 19.8. The van der Waals surface area contributed by atoms with Crippen LogP contribution in [0.5, 0.6) is 0 Å². The number of ether oxygens (including phenoxy) is 1. The summed E-state index contributed by atoms with van der Waals surface area (Å²) in [5.41, 5.74) is 1.59. The topological polar surface area (TPSA) is 21.3 Å². The van der Waals surface area contributed by atoms with Crippen molar-refractivity contribution >= 4 is 11.6 Å². The molecule has 0 heterocycles. The molecule has 0 aliphatic carbocycles. The molecule has 0 aliphatic heterocycles. The highest BCUT2D eigenvalue weighted by Crippen LogP contribution is 2.22. The van der Waals surface area contributed by atoms with Gasteiger partial charge in [-0.25, -0.2) is 4.39 Å². The molecule has 0 aromatic heterocycles. The van der Waals surface area contributed by atoms with Crippen LogP contribution in [0.2, 0.25) is 5.02 Å². The molecule has 1 atom stereocenters. The van der Waals surface area contributed by atoms with Crippen LogP contribution in [0.3, 0.4) is 0 Å². The molecule has 0 saturated carbocycles. The molecule has 0 bridgehead atoms. The Hall–Kier alpha value is -1.42. The molecule has 4 heteroatoms. The summed E-state index contributed by atoms with van der Waals surface area (Å²) in [5, 5.41) is 3.90. The van der Waals surface area contributed by atoms with Crippen molar-refractivity contribution in [1.29, 1.82) is 0 Å². The highest BCUT2D eigenvalue weighted by Gasteiger charge is 2.15. The fraction of sp³-hybridized carbons (Fsp3) is 0.294. The fourth-order valence-electron chi connectivity index (χ4n) is 2.05. The molecule has 2 rings (SSSR count). The predicted molar refractivity (Wildman–Crippen MR) is 83.9 cm³/mol. The minimum absolute atomic E-state index is 0.239. The van der Waals surface area contributed by atoms with Crippen molar-refractivity contribution in [2.75, 3.05) is 13.1 Å². The molecular formula is C17H19ClFNO. The highest BCUT2D eigenvalue weighted by molar-refractivity contribution is 6.30. The molecule has 1 unspecified atom stereocenters. The molecule has 112 valence electrons. The third kappa shape index (κ3) is 4.81. The summed E-state index contributed by atoms with van der Waals surface area (Å²) in [4.78, 5) is 0. The lowest BCUT2D eigenvalue weighted by Gasteiger charge is -2.19. The normalized spacial score (nSPS) is 12.3. The van der Waals surface area contributed by atoms with E-state index >= 15 is 0 Å². The van der Waals surface area contributed by atoms with Crippen molar-refractivity contribution in [2.45, 2.75) is 19.6 Å². The molecule has 1 N–H and O–H groups in total. The van der Waals surface area contributed by atoms with Crippen LogP contribution in [0.15, 0.2) is 48.5 Å². The van der Waals surface area contributed by atoms with Gasteiger partial charge in [-0.1, -0.05) is 48.9 Å². The Morgan fingerprint density at radius 2 is 1.86 bits per heavy atom. The smallest absolute Gasteiger partial charge is 0.129 e. The van der Waals surface area contributed by atoms with Gasteiger partial charge >= 0.3 is 0 Å². The number of halogens is 2. The van der Waals surface area contributed by atoms with Crippen LogP contribution >= 0.6 is 11.6 Å². The fourth-order valence-corrected chi connectivity index (χ4v) is 2.17. The molecule has 2 nitrogen and oxygen atoms in total. The maximum atomic E-state index is 13.9. The number of benzene rings is 2. The van der Waals surface area contributed by atoms with Crippen LogP contribution in [-0.2, 0) is 11.3 Å². The molecule has 2 aromatic rings. The van der Waals surface area contributed by atoms with Crippen molar-refractivity contribution in [2.24, 2.45) is 0 Å². The second-order valence-corrected chi connectivity index (χ2v) is 5.19. The number of likely N-dealkylation sites (N-methyl/N-ethyl adjacent to an activating group) is 1. The number of hydrogen-bond acceptors (Lipinski definition) is 2. The largest absolute Gasteiger partial charge is 0.367 e. The monoisotopic (exact) mass is 307 g/mol. The maximum Gasteiger partial charge on any atom is 0.129 e. The van der Waals surface area contributed by atoms with Gasteiger partial charge in [0.1, 0.15) is 5.82 Å². The first-order valence-corrected chi connectivity index (χ1v) is 7.39. The van der Waals surface area contributed by atoms with Gasteiger partial charge in [0.05, 0.1) is 12.7 Å². The van der Waals surface area contributed by atoms with Gasteiger partial charge in [0, 0.05) is 17.1 Å². The lowest BCUT2D eigenvalue weighted by molar-refractivity contribution is 0.0379. The van der Waals surface area contributed by atoms with E-state index in [4.69, 9.17) is 16.3 Å². The summed E-state index contributed by atoms with van der Waals surface area (Å²) in [6.07, 6.45) is -0.318. The van der Waals surface area contributed by atoms with Crippen molar-refractivity contribution in [1.82, 2.24) is 5.32 Å². The van der Waals surface area contributed by atoms with Crippen molar-refractivity contribution in [3.63, 3.8) is 0 Å². The highest BCUT2D eigenvalue weighted by atomic mass is 35.5. The molecule has 0 saturated heterocycles. The first-order valence-electron chi connectivity index (χ1n) is 7.02. The molecule has 2 aromatic carbocycles. The van der Waals surface area contributed by atoms with Crippen molar-refractivity contribution in [3.8, 4) is 0 Å². The van der Waals surface area contributed by atoms with E-state index in [-0.39, 0.29) is 11.9 Å². The third-order valence-corrected chi connectivity index (χ3v) is 3.45. The average molecular weight is 308 g/mol. The van der Waals surface area contributed by atoms with Crippen LogP contribution in [0.1, 0.15) is 24.2 Å². The molecule has 0 spiro atoms. The lowest BCUT2D eigenvalue weighted by atomic mass is 10.1. The second-order valence-electron chi connectivity index (χ2n) is 4.76. The standard InChI is InChI=1S/C17H19ClFNO/c1-2-20-11-17(15-5-3-4-6-16(15)19)21-12-13-7-9-14(18)10-8-13/h3-10,17,20H,2,11-12H2,1H3. The average Bonchev–Trinajstić information content (AvgIpc) is 2.50. The van der Waals surface area contributed by atoms with Crippen LogP contribution in [0.25, 0.3) is 0 Å². The number of nitrogens with one attached hydrogen (secondary N) is 1. The van der Waals surface area contributed by atoms with Crippen LogP contribution in [0.4, 0.5) is 4.39 Å². The van der Waals surface area contributed by atoms with Gasteiger partial charge in [0.2, 0.25) is 0 Å². The Morgan fingerprint density at radius 1 is 1.14 bits per heavy atom. The van der Waals surface area contributed by atoms with Gasteiger partial charge in [0.25, 0.3) is 0 Å². The van der Waals surface area contributed by atoms with E-state index in [1.807, 2.05) is 37.3 Å². The van der Waals surface area contributed by atoms with Crippen molar-refractivity contribution in [3.05, 3.63) is 70.5 Å². The van der Waals surface area contributed by atoms with Gasteiger partial charge in [0.15, 0.2) is 0 Å². The molecule has 0 aliphatic rings. The van der Waals surface area contributed by atoms with E-state index in [0.29, 0.717) is 23.7 Å². The third-order valence-electron chi connectivity index (χ3n) is 3.20. The Morgan fingerprint density at radius 3 is 2.52 bits per heavy atom. The Balaban J connectivity index is 2.06. The van der Waals surface area contributed by atoms with E-state index in [0.717, 1.165) is 12.1 Å². The SMILES string of the molecule is CCNCC(OCc1ccc(Cl)cc1)c1ccccc1F. The lowest BCUT2D eigenvalue weighted by Crippen LogP contribution is -2.23. The Bertz CT molecular complexity index is 559. The van der Waals surface area contributed by atoms with Gasteiger partial charge in [-0.3, -0.25) is 0 Å². The minimum Gasteiger partial charge on any atom is -0.367 e. The summed E-state index contributed by atoms with van der Waals surface area (Å²) in [7, 11) is 0. The summed E-state index contributed by atoms with van der Waals surface area (Å²) in [5.74, 6) is -0.239. The first kappa shape index (κ1) is 16.0. The second kappa shape index (κ2) is 8.13. The van der Waals surface area contributed by atoms with Gasteiger partial charge in [-0.2, -0.15) is 0 Å². The molecular weight excluding hydrogens is 289 g/mol. The number of rotatable bonds is 7. The van der Waals surface area contributed by atoms with E-state index in [1.165, 1.54) is 6.07 Å². The van der Waals surface area contributed by atoms with E-state index < -0.39 is 0 Å². The molecule has 0 amide bonds. The zero-order valence-electron chi connectivity index (χ0n) is 12.0. The summed E-state index contributed by atoms with van der Waals surface area (Å²) in [6.45, 7) is 3.82. The molecule has 0 fully saturated rings. The zero-order valence-corrected chi connectivity index (χ0v) is 12.7. The van der Waals surface area contributed by atoms with E-state index in [9.17, 15) is 4.39 Å².